The van der Waals surface area contributed by atoms with Gasteiger partial charge in [-0.3, -0.25) is 0 Å². The summed E-state index contributed by atoms with van der Waals surface area (Å²) in [4.78, 5) is 4.19. The predicted octanol–water partition coefficient (Wildman–Crippen LogP) is 3.20. The lowest BCUT2D eigenvalue weighted by Crippen LogP contribution is -2.10. The molecule has 16 heavy (non-hydrogen) atoms. The Labute approximate surface area is 105 Å². The summed E-state index contributed by atoms with van der Waals surface area (Å²) in [6, 6.07) is 1.98. The predicted molar refractivity (Wildman–Crippen MR) is 67.8 cm³/mol. The lowest BCUT2D eigenvalue weighted by molar-refractivity contribution is 0.0804. The monoisotopic (exact) mass is 287 g/mol. The van der Waals surface area contributed by atoms with E-state index in [0.717, 1.165) is 16.6 Å². The molecule has 1 rings (SSSR count). The topological polar surface area (TPSA) is 31.4 Å². The minimum Gasteiger partial charge on any atom is -0.474 e. The molecule has 0 aliphatic carbocycles. The van der Waals surface area contributed by atoms with Gasteiger partial charge in [-0.2, -0.15) is 0 Å². The summed E-state index contributed by atoms with van der Waals surface area (Å²) in [5.41, 5.74) is 1.11. The molecule has 0 saturated heterocycles. The van der Waals surface area contributed by atoms with Crippen LogP contribution in [0.2, 0.25) is 0 Å². The Morgan fingerprint density at radius 1 is 1.38 bits per heavy atom. The number of rotatable bonds is 6. The van der Waals surface area contributed by atoms with Crippen LogP contribution in [-0.2, 0) is 4.74 Å². The average Bonchev–Trinajstić information content (AvgIpc) is 2.20. The maximum atomic E-state index is 5.49. The molecule has 0 N–H and O–H groups in total. The van der Waals surface area contributed by atoms with E-state index in [1.54, 1.807) is 6.20 Å². The maximum absolute atomic E-state index is 5.49. The molecule has 1 heterocycles. The van der Waals surface area contributed by atoms with Crippen LogP contribution in [0.5, 0.6) is 5.88 Å². The summed E-state index contributed by atoms with van der Waals surface area (Å²) in [6.07, 6.45) is 1.79. The Hall–Kier alpha value is -0.610. The van der Waals surface area contributed by atoms with Crippen LogP contribution in [0.3, 0.4) is 0 Å². The maximum Gasteiger partial charge on any atom is 0.228 e. The molecule has 0 spiro atoms. The van der Waals surface area contributed by atoms with E-state index in [1.807, 2.05) is 13.0 Å². The SMILES string of the molecule is Cc1cnc(OCCOCC(C)C)c(Br)c1. The van der Waals surface area contributed by atoms with Gasteiger partial charge in [-0.25, -0.2) is 4.98 Å². The fourth-order valence-electron chi connectivity index (χ4n) is 1.14. The molecule has 1 aromatic heterocycles. The standard InChI is InChI=1S/C12H18BrNO2/c1-9(2)8-15-4-5-16-12-11(13)6-10(3)7-14-12/h6-7,9H,4-5,8H2,1-3H3. The molecule has 0 aliphatic rings. The van der Waals surface area contributed by atoms with Gasteiger partial charge in [-0.15, -0.1) is 0 Å². The van der Waals surface area contributed by atoms with E-state index >= 15 is 0 Å². The number of nitrogens with zero attached hydrogens (tertiary/aromatic N) is 1. The number of hydrogen-bond acceptors (Lipinski definition) is 3. The Morgan fingerprint density at radius 2 is 2.12 bits per heavy atom. The highest BCUT2D eigenvalue weighted by Crippen LogP contribution is 2.22. The number of hydrogen-bond donors (Lipinski definition) is 0. The van der Waals surface area contributed by atoms with Gasteiger partial charge in [0.1, 0.15) is 6.61 Å². The summed E-state index contributed by atoms with van der Waals surface area (Å²) in [5.74, 6) is 1.18. The molecule has 90 valence electrons. The molecule has 0 bridgehead atoms. The van der Waals surface area contributed by atoms with E-state index in [4.69, 9.17) is 9.47 Å². The highest BCUT2D eigenvalue weighted by molar-refractivity contribution is 9.10. The van der Waals surface area contributed by atoms with Crippen LogP contribution in [0.4, 0.5) is 0 Å². The number of aromatic nitrogens is 1. The van der Waals surface area contributed by atoms with Crippen LogP contribution in [0, 0.1) is 12.8 Å². The largest absolute Gasteiger partial charge is 0.474 e. The Morgan fingerprint density at radius 3 is 2.75 bits per heavy atom. The molecule has 0 saturated carbocycles. The summed E-state index contributed by atoms with van der Waals surface area (Å²) >= 11 is 3.41. The first-order chi connectivity index (χ1) is 7.59. The zero-order chi connectivity index (χ0) is 12.0. The van der Waals surface area contributed by atoms with Crippen LogP contribution >= 0.6 is 15.9 Å². The molecule has 0 unspecified atom stereocenters. The lowest BCUT2D eigenvalue weighted by Gasteiger charge is -2.09. The van der Waals surface area contributed by atoms with Crippen molar-refractivity contribution in [2.75, 3.05) is 19.8 Å². The number of ether oxygens (including phenoxy) is 2. The zero-order valence-corrected chi connectivity index (χ0v) is 11.6. The first-order valence-electron chi connectivity index (χ1n) is 5.42. The van der Waals surface area contributed by atoms with Crippen molar-refractivity contribution < 1.29 is 9.47 Å². The van der Waals surface area contributed by atoms with Crippen molar-refractivity contribution in [3.8, 4) is 5.88 Å². The molecule has 0 fully saturated rings. The fourth-order valence-corrected chi connectivity index (χ4v) is 1.72. The van der Waals surface area contributed by atoms with Crippen molar-refractivity contribution in [1.29, 1.82) is 0 Å². The Bertz CT molecular complexity index is 329. The van der Waals surface area contributed by atoms with Crippen molar-refractivity contribution >= 4 is 15.9 Å². The third kappa shape index (κ3) is 4.94. The van der Waals surface area contributed by atoms with Crippen LogP contribution < -0.4 is 4.74 Å². The van der Waals surface area contributed by atoms with Crippen molar-refractivity contribution in [3.05, 3.63) is 22.3 Å². The molecular weight excluding hydrogens is 270 g/mol. The average molecular weight is 288 g/mol. The third-order valence-corrected chi connectivity index (χ3v) is 2.43. The highest BCUT2D eigenvalue weighted by atomic mass is 79.9. The summed E-state index contributed by atoms with van der Waals surface area (Å²) in [6.45, 7) is 8.14. The Kier molecular flexibility index (Phi) is 5.77. The molecule has 0 radical (unpaired) electrons. The van der Waals surface area contributed by atoms with Crippen LogP contribution in [0.15, 0.2) is 16.7 Å². The van der Waals surface area contributed by atoms with Gasteiger partial charge in [0.2, 0.25) is 5.88 Å². The minimum absolute atomic E-state index is 0.529. The van der Waals surface area contributed by atoms with Crippen LogP contribution in [-0.4, -0.2) is 24.8 Å². The van der Waals surface area contributed by atoms with Gasteiger partial charge in [0, 0.05) is 12.8 Å². The quantitative estimate of drug-likeness (QED) is 0.753. The Balaban J connectivity index is 2.27. The highest BCUT2D eigenvalue weighted by Gasteiger charge is 2.02. The third-order valence-electron chi connectivity index (χ3n) is 1.86. The smallest absolute Gasteiger partial charge is 0.228 e. The summed E-state index contributed by atoms with van der Waals surface area (Å²) in [5, 5.41) is 0. The molecule has 0 amide bonds. The molecule has 0 aromatic carbocycles. The van der Waals surface area contributed by atoms with Crippen LogP contribution in [0.25, 0.3) is 0 Å². The van der Waals surface area contributed by atoms with Gasteiger partial charge in [-0.05, 0) is 40.4 Å². The second-order valence-corrected chi connectivity index (χ2v) is 4.97. The number of aryl methyl sites for hydroxylation is 1. The normalized spacial score (nSPS) is 10.8. The second kappa shape index (κ2) is 6.86. The molecule has 4 heteroatoms. The fraction of sp³-hybridized carbons (Fsp3) is 0.583. The molecular formula is C12H18BrNO2. The van der Waals surface area contributed by atoms with Gasteiger partial charge in [-0.1, -0.05) is 13.8 Å². The lowest BCUT2D eigenvalue weighted by atomic mass is 10.2. The molecule has 0 atom stereocenters. The van der Waals surface area contributed by atoms with Gasteiger partial charge >= 0.3 is 0 Å². The van der Waals surface area contributed by atoms with E-state index in [1.165, 1.54) is 0 Å². The molecule has 3 nitrogen and oxygen atoms in total. The van der Waals surface area contributed by atoms with E-state index in [2.05, 4.69) is 34.8 Å². The first kappa shape index (κ1) is 13.5. The zero-order valence-electron chi connectivity index (χ0n) is 10.00. The molecule has 0 aliphatic heterocycles. The first-order valence-corrected chi connectivity index (χ1v) is 6.21. The van der Waals surface area contributed by atoms with Crippen LogP contribution in [0.1, 0.15) is 19.4 Å². The van der Waals surface area contributed by atoms with Crippen molar-refractivity contribution in [3.63, 3.8) is 0 Å². The van der Waals surface area contributed by atoms with Crippen molar-refractivity contribution in [2.45, 2.75) is 20.8 Å². The number of pyridine rings is 1. The van der Waals surface area contributed by atoms with Gasteiger partial charge < -0.3 is 9.47 Å². The van der Waals surface area contributed by atoms with E-state index in [9.17, 15) is 0 Å². The number of halogens is 1. The van der Waals surface area contributed by atoms with Gasteiger partial charge in [0.15, 0.2) is 0 Å². The van der Waals surface area contributed by atoms with Crippen molar-refractivity contribution in [2.24, 2.45) is 5.92 Å². The summed E-state index contributed by atoms with van der Waals surface area (Å²) in [7, 11) is 0. The van der Waals surface area contributed by atoms with E-state index in [0.29, 0.717) is 25.0 Å². The van der Waals surface area contributed by atoms with Crippen molar-refractivity contribution in [1.82, 2.24) is 4.98 Å². The van der Waals surface area contributed by atoms with E-state index in [-0.39, 0.29) is 0 Å². The van der Waals surface area contributed by atoms with Gasteiger partial charge in [0.05, 0.1) is 11.1 Å². The summed E-state index contributed by atoms with van der Waals surface area (Å²) < 4.78 is 11.8. The van der Waals surface area contributed by atoms with E-state index < -0.39 is 0 Å². The second-order valence-electron chi connectivity index (χ2n) is 4.12. The van der Waals surface area contributed by atoms with Gasteiger partial charge in [0.25, 0.3) is 0 Å². The minimum atomic E-state index is 0.529. The molecule has 1 aromatic rings.